The van der Waals surface area contributed by atoms with Crippen LogP contribution in [0.5, 0.6) is 0 Å². The minimum atomic E-state index is -0.627. The standard InChI is InChI=1S/C20H16Cl2N6O2/c21-16-2-1-3-17(22)15(16)8-18-25-19(24-13-6-4-12(9-23)5-7-13)27-20(26-18)28-10-14(29)11-30-28/h1-7,14,29H,8,10-11H2,(H,24,25,26,27). The number of aliphatic hydroxyl groups excluding tert-OH is 1. The van der Waals surface area contributed by atoms with Gasteiger partial charge >= 0.3 is 0 Å². The maximum absolute atomic E-state index is 9.78. The Bertz CT molecular complexity index is 1080. The van der Waals surface area contributed by atoms with Gasteiger partial charge < -0.3 is 10.4 Å². The van der Waals surface area contributed by atoms with Crippen molar-refractivity contribution in [2.45, 2.75) is 12.5 Å². The zero-order valence-electron chi connectivity index (χ0n) is 15.6. The molecule has 10 heteroatoms. The lowest BCUT2D eigenvalue weighted by molar-refractivity contribution is 0.114. The summed E-state index contributed by atoms with van der Waals surface area (Å²) in [6, 6.07) is 14.2. The molecule has 0 aliphatic carbocycles. The Morgan fingerprint density at radius 2 is 1.87 bits per heavy atom. The van der Waals surface area contributed by atoms with E-state index in [1.807, 2.05) is 0 Å². The molecule has 0 amide bonds. The van der Waals surface area contributed by atoms with Crippen LogP contribution in [0.2, 0.25) is 10.0 Å². The lowest BCUT2D eigenvalue weighted by Gasteiger charge is -2.16. The molecule has 1 atom stereocenters. The number of nitrogens with one attached hydrogen (secondary N) is 1. The van der Waals surface area contributed by atoms with Gasteiger partial charge in [-0.15, -0.1) is 0 Å². The normalized spacial score (nSPS) is 15.8. The van der Waals surface area contributed by atoms with Crippen molar-refractivity contribution in [1.29, 1.82) is 5.26 Å². The van der Waals surface area contributed by atoms with Gasteiger partial charge in [-0.25, -0.2) is 5.06 Å². The van der Waals surface area contributed by atoms with E-state index in [-0.39, 0.29) is 31.5 Å². The van der Waals surface area contributed by atoms with Crippen LogP contribution in [-0.2, 0) is 11.3 Å². The van der Waals surface area contributed by atoms with Gasteiger partial charge in [0.1, 0.15) is 18.5 Å². The molecule has 2 N–H and O–H groups in total. The van der Waals surface area contributed by atoms with Crippen LogP contribution in [0, 0.1) is 11.3 Å². The third-order valence-corrected chi connectivity index (χ3v) is 5.07. The summed E-state index contributed by atoms with van der Waals surface area (Å²) in [5.41, 5.74) is 1.95. The molecular formula is C20H16Cl2N6O2. The molecule has 0 bridgehead atoms. The number of nitriles is 1. The predicted octanol–water partition coefficient (Wildman–Crippen LogP) is 3.50. The van der Waals surface area contributed by atoms with Crippen LogP contribution in [0.1, 0.15) is 17.0 Å². The fourth-order valence-electron chi connectivity index (χ4n) is 2.88. The maximum Gasteiger partial charge on any atom is 0.254 e. The number of hydroxylamine groups is 1. The average Bonchev–Trinajstić information content (AvgIpc) is 3.18. The van der Waals surface area contributed by atoms with Gasteiger partial charge in [0.25, 0.3) is 5.95 Å². The number of hydrogen-bond acceptors (Lipinski definition) is 8. The van der Waals surface area contributed by atoms with E-state index >= 15 is 0 Å². The number of halogens is 2. The Morgan fingerprint density at radius 3 is 2.50 bits per heavy atom. The highest BCUT2D eigenvalue weighted by Crippen LogP contribution is 2.27. The number of hydrogen-bond donors (Lipinski definition) is 2. The number of aromatic nitrogens is 3. The second kappa shape index (κ2) is 8.81. The number of anilines is 3. The van der Waals surface area contributed by atoms with Crippen LogP contribution < -0.4 is 10.4 Å². The Hall–Kier alpha value is -2.96. The minimum absolute atomic E-state index is 0.162. The third kappa shape index (κ3) is 4.61. The first kappa shape index (κ1) is 20.3. The summed E-state index contributed by atoms with van der Waals surface area (Å²) in [7, 11) is 0. The van der Waals surface area contributed by atoms with Crippen molar-refractivity contribution < 1.29 is 9.94 Å². The fourth-order valence-corrected chi connectivity index (χ4v) is 3.41. The molecule has 1 aliphatic rings. The van der Waals surface area contributed by atoms with Crippen LogP contribution >= 0.6 is 23.2 Å². The average molecular weight is 443 g/mol. The van der Waals surface area contributed by atoms with Gasteiger partial charge in [-0.05, 0) is 42.0 Å². The SMILES string of the molecule is N#Cc1ccc(Nc2nc(Cc3c(Cl)cccc3Cl)nc(N3CC(O)CO3)n2)cc1. The molecule has 3 aromatic rings. The molecule has 2 aromatic carbocycles. The minimum Gasteiger partial charge on any atom is -0.389 e. The summed E-state index contributed by atoms with van der Waals surface area (Å²) in [6.45, 7) is 0.405. The van der Waals surface area contributed by atoms with Crippen molar-refractivity contribution >= 4 is 40.8 Å². The van der Waals surface area contributed by atoms with Crippen molar-refractivity contribution in [3.8, 4) is 6.07 Å². The van der Waals surface area contributed by atoms with Gasteiger partial charge in [-0.1, -0.05) is 29.3 Å². The van der Waals surface area contributed by atoms with Crippen LogP contribution in [-0.4, -0.2) is 39.3 Å². The van der Waals surface area contributed by atoms with Crippen LogP contribution in [0.25, 0.3) is 0 Å². The Balaban J connectivity index is 1.68. The number of nitrogens with zero attached hydrogens (tertiary/aromatic N) is 5. The Labute approximate surface area is 182 Å². The fraction of sp³-hybridized carbons (Fsp3) is 0.200. The molecule has 1 aromatic heterocycles. The summed E-state index contributed by atoms with van der Waals surface area (Å²) in [4.78, 5) is 18.8. The summed E-state index contributed by atoms with van der Waals surface area (Å²) >= 11 is 12.6. The lowest BCUT2D eigenvalue weighted by Crippen LogP contribution is -2.23. The van der Waals surface area contributed by atoms with Crippen molar-refractivity contribution in [2.24, 2.45) is 0 Å². The van der Waals surface area contributed by atoms with E-state index in [0.717, 1.165) is 0 Å². The molecular weight excluding hydrogens is 427 g/mol. The first-order valence-electron chi connectivity index (χ1n) is 9.05. The molecule has 1 saturated heterocycles. The highest BCUT2D eigenvalue weighted by molar-refractivity contribution is 6.36. The number of benzene rings is 2. The molecule has 152 valence electrons. The van der Waals surface area contributed by atoms with Gasteiger partial charge in [0.05, 0.1) is 18.2 Å². The quantitative estimate of drug-likeness (QED) is 0.617. The van der Waals surface area contributed by atoms with Crippen LogP contribution in [0.3, 0.4) is 0 Å². The molecule has 8 nitrogen and oxygen atoms in total. The molecule has 4 rings (SSSR count). The number of β-amino-alcohol motifs (C(OH)–C–C–N with tert-alkyl or cyclic N) is 1. The first-order valence-corrected chi connectivity index (χ1v) is 9.81. The third-order valence-electron chi connectivity index (χ3n) is 4.36. The van der Waals surface area contributed by atoms with E-state index in [9.17, 15) is 5.11 Å². The zero-order valence-corrected chi connectivity index (χ0v) is 17.1. The van der Waals surface area contributed by atoms with Gasteiger partial charge in [0, 0.05) is 22.2 Å². The lowest BCUT2D eigenvalue weighted by atomic mass is 10.1. The monoisotopic (exact) mass is 442 g/mol. The molecule has 1 fully saturated rings. The number of aliphatic hydroxyl groups is 1. The van der Waals surface area contributed by atoms with E-state index in [1.54, 1.807) is 42.5 Å². The largest absolute Gasteiger partial charge is 0.389 e. The highest BCUT2D eigenvalue weighted by atomic mass is 35.5. The van der Waals surface area contributed by atoms with Crippen LogP contribution in [0.15, 0.2) is 42.5 Å². The zero-order chi connectivity index (χ0) is 21.1. The molecule has 2 heterocycles. The molecule has 0 radical (unpaired) electrons. The van der Waals surface area contributed by atoms with E-state index in [0.29, 0.717) is 32.7 Å². The van der Waals surface area contributed by atoms with Crippen molar-refractivity contribution in [2.75, 3.05) is 23.5 Å². The van der Waals surface area contributed by atoms with Gasteiger partial charge in [-0.2, -0.15) is 20.2 Å². The molecule has 1 unspecified atom stereocenters. The van der Waals surface area contributed by atoms with Crippen molar-refractivity contribution in [1.82, 2.24) is 15.0 Å². The Morgan fingerprint density at radius 1 is 1.13 bits per heavy atom. The predicted molar refractivity (Wildman–Crippen MR) is 113 cm³/mol. The van der Waals surface area contributed by atoms with E-state index in [4.69, 9.17) is 33.3 Å². The van der Waals surface area contributed by atoms with E-state index < -0.39 is 6.10 Å². The first-order chi connectivity index (χ1) is 14.5. The van der Waals surface area contributed by atoms with Gasteiger partial charge in [-0.3, -0.25) is 4.84 Å². The van der Waals surface area contributed by atoms with Crippen LogP contribution in [0.4, 0.5) is 17.6 Å². The van der Waals surface area contributed by atoms with Crippen molar-refractivity contribution in [3.63, 3.8) is 0 Å². The summed E-state index contributed by atoms with van der Waals surface area (Å²) in [5, 5.41) is 24.3. The van der Waals surface area contributed by atoms with E-state index in [1.165, 1.54) is 5.06 Å². The summed E-state index contributed by atoms with van der Waals surface area (Å²) in [5.74, 6) is 0.972. The highest BCUT2D eigenvalue weighted by Gasteiger charge is 2.25. The van der Waals surface area contributed by atoms with Gasteiger partial charge in [0.15, 0.2) is 0 Å². The second-order valence-electron chi connectivity index (χ2n) is 6.58. The second-order valence-corrected chi connectivity index (χ2v) is 7.39. The molecule has 1 aliphatic heterocycles. The maximum atomic E-state index is 9.78. The van der Waals surface area contributed by atoms with Gasteiger partial charge in [0.2, 0.25) is 5.95 Å². The summed E-state index contributed by atoms with van der Waals surface area (Å²) in [6.07, 6.45) is -0.343. The summed E-state index contributed by atoms with van der Waals surface area (Å²) < 4.78 is 0. The number of rotatable bonds is 5. The molecule has 0 saturated carbocycles. The smallest absolute Gasteiger partial charge is 0.254 e. The topological polar surface area (TPSA) is 107 Å². The van der Waals surface area contributed by atoms with Crippen molar-refractivity contribution in [3.05, 3.63) is 69.5 Å². The molecule has 30 heavy (non-hydrogen) atoms. The molecule has 0 spiro atoms. The Kier molecular flexibility index (Phi) is 5.97. The van der Waals surface area contributed by atoms with E-state index in [2.05, 4.69) is 26.3 Å².